The van der Waals surface area contributed by atoms with Gasteiger partial charge in [-0.15, -0.1) is 0 Å². The summed E-state index contributed by atoms with van der Waals surface area (Å²) in [6.07, 6.45) is 7.08. The molecule has 0 saturated heterocycles. The number of carbonyl (C=O) groups excluding carboxylic acids is 1. The summed E-state index contributed by atoms with van der Waals surface area (Å²) in [4.78, 5) is 21.9. The molecule has 0 aliphatic carbocycles. The lowest BCUT2D eigenvalue weighted by Crippen LogP contribution is -2.19. The Labute approximate surface area is 145 Å². The molecule has 2 rings (SSSR count). The van der Waals surface area contributed by atoms with Crippen molar-refractivity contribution in [3.63, 3.8) is 0 Å². The van der Waals surface area contributed by atoms with Crippen molar-refractivity contribution in [2.24, 2.45) is 0 Å². The van der Waals surface area contributed by atoms with Crippen molar-refractivity contribution in [1.82, 2.24) is 19.8 Å². The van der Waals surface area contributed by atoms with E-state index < -0.39 is 0 Å². The smallest absolute Gasteiger partial charge is 0.243 e. The molecule has 1 amide bonds. The largest absolute Gasteiger partial charge is 0.301 e. The lowest BCUT2D eigenvalue weighted by molar-refractivity contribution is -0.129. The maximum absolute atomic E-state index is 10.9. The minimum absolute atomic E-state index is 0.317. The van der Waals surface area contributed by atoms with Crippen LogP contribution >= 0.6 is 11.5 Å². The molecule has 0 unspecified atom stereocenters. The van der Waals surface area contributed by atoms with Crippen molar-refractivity contribution in [2.45, 2.75) is 45.4 Å². The molecule has 7 nitrogen and oxygen atoms in total. The van der Waals surface area contributed by atoms with Crippen LogP contribution in [0.2, 0.25) is 0 Å². The predicted octanol–water partition coefficient (Wildman–Crippen LogP) is 3.23. The van der Waals surface area contributed by atoms with Gasteiger partial charge in [-0.05, 0) is 31.9 Å². The van der Waals surface area contributed by atoms with E-state index in [1.54, 1.807) is 11.7 Å². The first-order valence-electron chi connectivity index (χ1n) is 8.12. The molecule has 0 spiro atoms. The number of nitrogens with one attached hydrogen (secondary N) is 1. The summed E-state index contributed by atoms with van der Waals surface area (Å²) >= 11 is 1.39. The highest BCUT2D eigenvalue weighted by molar-refractivity contribution is 7.09. The van der Waals surface area contributed by atoms with E-state index in [-0.39, 0.29) is 5.91 Å². The molecular formula is C16H23N5O2S. The van der Waals surface area contributed by atoms with E-state index in [1.165, 1.54) is 11.5 Å². The lowest BCUT2D eigenvalue weighted by atomic mass is 10.1. The highest BCUT2D eigenvalue weighted by Gasteiger charge is 2.14. The topological polar surface area (TPSA) is 91.2 Å². The second-order valence-electron chi connectivity index (χ2n) is 5.52. The van der Waals surface area contributed by atoms with Gasteiger partial charge < -0.3 is 4.90 Å². The number of hydrogen-bond acceptors (Lipinski definition) is 7. The highest BCUT2D eigenvalue weighted by atomic mass is 32.1. The number of aromatic nitrogens is 3. The van der Waals surface area contributed by atoms with Crippen LogP contribution in [0.25, 0.3) is 0 Å². The minimum atomic E-state index is -0.317. The van der Waals surface area contributed by atoms with Crippen molar-refractivity contribution in [3.05, 3.63) is 30.2 Å². The molecule has 2 N–H and O–H groups in total. The Morgan fingerprint density at radius 3 is 2.71 bits per heavy atom. The molecule has 8 heteroatoms. The highest BCUT2D eigenvalue weighted by Crippen LogP contribution is 2.25. The molecule has 2 aromatic rings. The van der Waals surface area contributed by atoms with E-state index in [0.29, 0.717) is 6.42 Å². The number of nitrogens with zero attached hydrogens (tertiary/aromatic N) is 4. The lowest BCUT2D eigenvalue weighted by Gasteiger charge is -2.20. The van der Waals surface area contributed by atoms with Gasteiger partial charge in [-0.1, -0.05) is 25.3 Å². The quantitative estimate of drug-likeness (QED) is 0.389. The van der Waals surface area contributed by atoms with Gasteiger partial charge in [0.25, 0.3) is 0 Å². The van der Waals surface area contributed by atoms with Gasteiger partial charge in [-0.25, -0.2) is 15.4 Å². The molecule has 0 aliphatic rings. The number of hydroxylamine groups is 1. The second kappa shape index (κ2) is 9.94. The van der Waals surface area contributed by atoms with Gasteiger partial charge in [0.15, 0.2) is 0 Å². The monoisotopic (exact) mass is 349 g/mol. The number of pyridine rings is 1. The third kappa shape index (κ3) is 5.86. The van der Waals surface area contributed by atoms with E-state index in [1.807, 2.05) is 25.1 Å². The molecular weight excluding hydrogens is 326 g/mol. The van der Waals surface area contributed by atoms with Crippen LogP contribution in [-0.2, 0) is 4.79 Å². The minimum Gasteiger partial charge on any atom is -0.301 e. The zero-order valence-electron chi connectivity index (χ0n) is 13.8. The normalized spacial score (nSPS) is 10.6. The number of rotatable bonds is 10. The van der Waals surface area contributed by atoms with Crippen LogP contribution in [0.5, 0.6) is 0 Å². The first-order valence-corrected chi connectivity index (χ1v) is 8.90. The summed E-state index contributed by atoms with van der Waals surface area (Å²) in [5.74, 6) is 1.34. The average Bonchev–Trinajstić information content (AvgIpc) is 3.04. The van der Waals surface area contributed by atoms with Crippen LogP contribution in [0.15, 0.2) is 24.4 Å². The number of anilines is 2. The average molecular weight is 349 g/mol. The van der Waals surface area contributed by atoms with Crippen LogP contribution in [0.4, 0.5) is 10.9 Å². The summed E-state index contributed by atoms with van der Waals surface area (Å²) in [5.41, 5.74) is 1.66. The van der Waals surface area contributed by atoms with Crippen LogP contribution in [-0.4, -0.2) is 32.0 Å². The molecule has 130 valence electrons. The standard InChI is InChI=1S/C16H23N5O2S/c1-13-18-16(24-20-13)21(14-9-6-7-11-17-14)12-8-4-2-3-5-10-15(22)19-23/h6-7,9,11,23H,2-5,8,10,12H2,1H3,(H,19,22). The third-order valence-electron chi connectivity index (χ3n) is 3.58. The first kappa shape index (κ1) is 18.3. The molecule has 0 saturated carbocycles. The fourth-order valence-electron chi connectivity index (χ4n) is 2.36. The van der Waals surface area contributed by atoms with Crippen LogP contribution in [0.1, 0.15) is 44.3 Å². The molecule has 24 heavy (non-hydrogen) atoms. The molecule has 0 bridgehead atoms. The molecule has 0 radical (unpaired) electrons. The van der Waals surface area contributed by atoms with Crippen molar-refractivity contribution >= 4 is 28.4 Å². The number of hydrogen-bond donors (Lipinski definition) is 2. The van der Waals surface area contributed by atoms with Gasteiger partial charge in [0.2, 0.25) is 11.0 Å². The summed E-state index contributed by atoms with van der Waals surface area (Å²) in [6, 6.07) is 5.84. The Morgan fingerprint density at radius 1 is 1.25 bits per heavy atom. The van der Waals surface area contributed by atoms with Crippen LogP contribution < -0.4 is 10.4 Å². The zero-order chi connectivity index (χ0) is 17.2. The van der Waals surface area contributed by atoms with Crippen molar-refractivity contribution in [1.29, 1.82) is 0 Å². The third-order valence-corrected chi connectivity index (χ3v) is 4.41. The zero-order valence-corrected chi connectivity index (χ0v) is 14.6. The maximum Gasteiger partial charge on any atom is 0.243 e. The van der Waals surface area contributed by atoms with Gasteiger partial charge in [0, 0.05) is 30.7 Å². The predicted molar refractivity (Wildman–Crippen MR) is 93.5 cm³/mol. The Balaban J connectivity index is 1.79. The van der Waals surface area contributed by atoms with Crippen molar-refractivity contribution in [2.75, 3.05) is 11.4 Å². The molecule has 2 heterocycles. The van der Waals surface area contributed by atoms with Crippen molar-refractivity contribution in [3.8, 4) is 0 Å². The Kier molecular flexibility index (Phi) is 7.57. The fraction of sp³-hybridized carbons (Fsp3) is 0.500. The second-order valence-corrected chi connectivity index (χ2v) is 6.25. The summed E-state index contributed by atoms with van der Waals surface area (Å²) in [5, 5.41) is 9.30. The summed E-state index contributed by atoms with van der Waals surface area (Å²) < 4.78 is 4.26. The van der Waals surface area contributed by atoms with E-state index >= 15 is 0 Å². The first-order chi connectivity index (χ1) is 11.7. The van der Waals surface area contributed by atoms with Gasteiger partial charge in [-0.3, -0.25) is 10.0 Å². The Morgan fingerprint density at radius 2 is 2.04 bits per heavy atom. The number of unbranched alkanes of at least 4 members (excludes halogenated alkanes) is 4. The van der Waals surface area contributed by atoms with E-state index in [0.717, 1.165) is 55.4 Å². The van der Waals surface area contributed by atoms with Crippen LogP contribution in [0.3, 0.4) is 0 Å². The number of amides is 1. The molecule has 0 fully saturated rings. The fourth-order valence-corrected chi connectivity index (χ4v) is 3.07. The Hall–Kier alpha value is -2.06. The summed E-state index contributed by atoms with van der Waals surface area (Å²) in [6.45, 7) is 2.72. The summed E-state index contributed by atoms with van der Waals surface area (Å²) in [7, 11) is 0. The van der Waals surface area contributed by atoms with Gasteiger partial charge in [0.05, 0.1) is 0 Å². The molecule has 0 aliphatic heterocycles. The SMILES string of the molecule is Cc1nsc(N(CCCCCCCC(=O)NO)c2ccccn2)n1. The number of aryl methyl sites for hydroxylation is 1. The maximum atomic E-state index is 10.9. The molecule has 2 aromatic heterocycles. The Bertz CT molecular complexity index is 620. The molecule has 0 aromatic carbocycles. The van der Waals surface area contributed by atoms with E-state index in [9.17, 15) is 4.79 Å². The van der Waals surface area contributed by atoms with Gasteiger partial charge >= 0.3 is 0 Å². The van der Waals surface area contributed by atoms with Crippen molar-refractivity contribution < 1.29 is 10.0 Å². The van der Waals surface area contributed by atoms with Gasteiger partial charge in [0.1, 0.15) is 11.6 Å². The van der Waals surface area contributed by atoms with E-state index in [2.05, 4.69) is 19.2 Å². The van der Waals surface area contributed by atoms with Crippen LogP contribution in [0, 0.1) is 6.92 Å². The molecule has 0 atom stereocenters. The van der Waals surface area contributed by atoms with Gasteiger partial charge in [-0.2, -0.15) is 4.37 Å². The number of carbonyl (C=O) groups is 1. The van der Waals surface area contributed by atoms with E-state index in [4.69, 9.17) is 5.21 Å².